The van der Waals surface area contributed by atoms with Crippen LogP contribution in [-0.2, 0) is 27.3 Å². The van der Waals surface area contributed by atoms with Crippen LogP contribution in [0.25, 0.3) is 0 Å². The highest BCUT2D eigenvalue weighted by molar-refractivity contribution is 5.81. The minimum atomic E-state index is -0.434. The van der Waals surface area contributed by atoms with Crippen molar-refractivity contribution in [2.75, 3.05) is 33.9 Å². The highest BCUT2D eigenvalue weighted by Crippen LogP contribution is 2.23. The van der Waals surface area contributed by atoms with E-state index in [0.29, 0.717) is 13.0 Å². The fourth-order valence-electron chi connectivity index (χ4n) is 2.71. The first kappa shape index (κ1) is 17.3. The van der Waals surface area contributed by atoms with Gasteiger partial charge in [-0.25, -0.2) is 0 Å². The predicted molar refractivity (Wildman–Crippen MR) is 86.2 cm³/mol. The Labute approximate surface area is 136 Å². The quantitative estimate of drug-likeness (QED) is 0.796. The van der Waals surface area contributed by atoms with Gasteiger partial charge in [-0.3, -0.25) is 14.5 Å². The van der Waals surface area contributed by atoms with Gasteiger partial charge in [0.1, 0.15) is 12.3 Å². The van der Waals surface area contributed by atoms with Gasteiger partial charge >= 0.3 is 5.97 Å². The number of rotatable bonds is 6. The summed E-state index contributed by atoms with van der Waals surface area (Å²) >= 11 is 0. The highest BCUT2D eigenvalue weighted by atomic mass is 16.5. The van der Waals surface area contributed by atoms with E-state index in [1.807, 2.05) is 6.07 Å². The van der Waals surface area contributed by atoms with Crippen LogP contribution in [-0.4, -0.2) is 50.6 Å². The molecule has 0 fully saturated rings. The molecule has 1 heterocycles. The molecule has 1 aromatic carbocycles. The number of esters is 1. The lowest BCUT2D eigenvalue weighted by molar-refractivity contribution is -0.141. The van der Waals surface area contributed by atoms with Crippen LogP contribution >= 0.6 is 0 Å². The zero-order chi connectivity index (χ0) is 16.7. The van der Waals surface area contributed by atoms with Crippen LogP contribution in [0.5, 0.6) is 5.75 Å². The summed E-state index contributed by atoms with van der Waals surface area (Å²) in [4.78, 5) is 25.0. The van der Waals surface area contributed by atoms with Gasteiger partial charge in [-0.15, -0.1) is 0 Å². The molecule has 1 N–H and O–H groups in total. The van der Waals surface area contributed by atoms with Crippen molar-refractivity contribution < 1.29 is 19.1 Å². The second-order valence-corrected chi connectivity index (χ2v) is 5.62. The maximum Gasteiger partial charge on any atom is 0.325 e. The normalized spacial score (nSPS) is 14.5. The second-order valence-electron chi connectivity index (χ2n) is 5.62. The zero-order valence-corrected chi connectivity index (χ0v) is 13.8. The average Bonchev–Trinajstić information content (AvgIpc) is 2.78. The predicted octanol–water partition coefficient (Wildman–Crippen LogP) is 1.12. The van der Waals surface area contributed by atoms with E-state index in [-0.39, 0.29) is 12.5 Å². The van der Waals surface area contributed by atoms with E-state index in [9.17, 15) is 9.59 Å². The van der Waals surface area contributed by atoms with Gasteiger partial charge < -0.3 is 14.8 Å². The van der Waals surface area contributed by atoms with Crippen LogP contribution < -0.4 is 10.1 Å². The number of benzene rings is 1. The van der Waals surface area contributed by atoms with Crippen molar-refractivity contribution >= 4 is 11.9 Å². The number of aryl methyl sites for hydroxylation is 1. The summed E-state index contributed by atoms with van der Waals surface area (Å²) in [6, 6.07) is 6.18. The minimum Gasteiger partial charge on any atom is -0.497 e. The van der Waals surface area contributed by atoms with Crippen molar-refractivity contribution in [2.24, 2.45) is 0 Å². The molecule has 0 unspecified atom stereocenters. The zero-order valence-electron chi connectivity index (χ0n) is 13.8. The lowest BCUT2D eigenvalue weighted by Crippen LogP contribution is -2.33. The first-order valence-corrected chi connectivity index (χ1v) is 7.84. The molecule has 0 aromatic heterocycles. The number of hydrogen-bond donors (Lipinski definition) is 1. The van der Waals surface area contributed by atoms with Crippen molar-refractivity contribution in [1.82, 2.24) is 10.2 Å². The van der Waals surface area contributed by atoms with Crippen LogP contribution in [0, 0.1) is 0 Å². The molecule has 0 saturated heterocycles. The third-order valence-electron chi connectivity index (χ3n) is 4.04. The summed E-state index contributed by atoms with van der Waals surface area (Å²) in [5.74, 6) is 0.324. The molecule has 0 aliphatic carbocycles. The highest BCUT2D eigenvalue weighted by Gasteiger charge is 2.16. The van der Waals surface area contributed by atoms with E-state index >= 15 is 0 Å². The summed E-state index contributed by atoms with van der Waals surface area (Å²) in [5, 5.41) is 2.57. The number of hydrogen-bond acceptors (Lipinski definition) is 5. The van der Waals surface area contributed by atoms with Gasteiger partial charge in [0.05, 0.1) is 14.2 Å². The number of fused-ring (bicyclic) bond motifs is 1. The Bertz CT molecular complexity index is 560. The van der Waals surface area contributed by atoms with Gasteiger partial charge in [0.15, 0.2) is 0 Å². The van der Waals surface area contributed by atoms with Crippen molar-refractivity contribution in [3.63, 3.8) is 0 Å². The van der Waals surface area contributed by atoms with Crippen molar-refractivity contribution in [3.05, 3.63) is 29.3 Å². The Kier molecular flexibility index (Phi) is 6.40. The Hall–Kier alpha value is -2.08. The molecule has 6 heteroatoms. The molecule has 0 bridgehead atoms. The molecule has 126 valence electrons. The Morgan fingerprint density at radius 3 is 2.83 bits per heavy atom. The SMILES string of the molecule is COC(=O)CNC(=O)CCN1CCCc2cc(OC)ccc2C1. The molecule has 0 radical (unpaired) electrons. The average molecular weight is 320 g/mol. The molecule has 2 rings (SSSR count). The molecule has 23 heavy (non-hydrogen) atoms. The molecule has 0 saturated carbocycles. The fourth-order valence-corrected chi connectivity index (χ4v) is 2.71. The molecular formula is C17H24N2O4. The molecule has 1 aromatic rings. The number of carbonyl (C=O) groups excluding carboxylic acids is 2. The maximum atomic E-state index is 11.8. The standard InChI is InChI=1S/C17H24N2O4/c1-22-15-6-5-14-12-19(8-3-4-13(14)10-15)9-7-16(20)18-11-17(21)23-2/h5-6,10H,3-4,7-9,11-12H2,1-2H3,(H,18,20). The topological polar surface area (TPSA) is 67.9 Å². The molecule has 0 atom stereocenters. The molecule has 6 nitrogen and oxygen atoms in total. The van der Waals surface area contributed by atoms with Gasteiger partial charge in [0.25, 0.3) is 0 Å². The van der Waals surface area contributed by atoms with Gasteiger partial charge in [-0.05, 0) is 42.6 Å². The van der Waals surface area contributed by atoms with Crippen molar-refractivity contribution in [3.8, 4) is 5.75 Å². The summed E-state index contributed by atoms with van der Waals surface area (Å²) in [6.07, 6.45) is 2.46. The Balaban J connectivity index is 1.84. The number of methoxy groups -OCH3 is 2. The maximum absolute atomic E-state index is 11.8. The smallest absolute Gasteiger partial charge is 0.325 e. The van der Waals surface area contributed by atoms with Gasteiger partial charge in [-0.1, -0.05) is 6.07 Å². The molecule has 1 aliphatic rings. The van der Waals surface area contributed by atoms with Gasteiger partial charge in [0, 0.05) is 19.5 Å². The van der Waals surface area contributed by atoms with Crippen molar-refractivity contribution in [1.29, 1.82) is 0 Å². The molecule has 0 spiro atoms. The van der Waals surface area contributed by atoms with Crippen LogP contribution in [0.1, 0.15) is 24.0 Å². The number of nitrogens with one attached hydrogen (secondary N) is 1. The van der Waals surface area contributed by atoms with Crippen LogP contribution in [0.15, 0.2) is 18.2 Å². The van der Waals surface area contributed by atoms with E-state index in [2.05, 4.69) is 27.1 Å². The third-order valence-corrected chi connectivity index (χ3v) is 4.04. The summed E-state index contributed by atoms with van der Waals surface area (Å²) in [5.41, 5.74) is 2.61. The van der Waals surface area contributed by atoms with Crippen molar-refractivity contribution in [2.45, 2.75) is 25.8 Å². The van der Waals surface area contributed by atoms with E-state index in [0.717, 1.165) is 31.7 Å². The van der Waals surface area contributed by atoms with Gasteiger partial charge in [0.2, 0.25) is 5.91 Å². The third kappa shape index (κ3) is 5.25. The number of carbonyl (C=O) groups is 2. The number of amides is 1. The second kappa shape index (κ2) is 8.53. The number of nitrogens with zero attached hydrogens (tertiary/aromatic N) is 1. The summed E-state index contributed by atoms with van der Waals surface area (Å²) in [6.45, 7) is 2.40. The fraction of sp³-hybridized carbons (Fsp3) is 0.529. The summed E-state index contributed by atoms with van der Waals surface area (Å²) < 4.78 is 9.77. The largest absolute Gasteiger partial charge is 0.497 e. The lowest BCUT2D eigenvalue weighted by atomic mass is 10.0. The first-order valence-electron chi connectivity index (χ1n) is 7.84. The number of ether oxygens (including phenoxy) is 2. The lowest BCUT2D eigenvalue weighted by Gasteiger charge is -2.20. The van der Waals surface area contributed by atoms with E-state index in [4.69, 9.17) is 4.74 Å². The minimum absolute atomic E-state index is 0.0715. The Morgan fingerprint density at radius 2 is 2.09 bits per heavy atom. The molecule has 1 aliphatic heterocycles. The van der Waals surface area contributed by atoms with E-state index in [1.165, 1.54) is 18.2 Å². The van der Waals surface area contributed by atoms with Gasteiger partial charge in [-0.2, -0.15) is 0 Å². The Morgan fingerprint density at radius 1 is 1.26 bits per heavy atom. The molecular weight excluding hydrogens is 296 g/mol. The molecule has 1 amide bonds. The van der Waals surface area contributed by atoms with E-state index < -0.39 is 5.97 Å². The van der Waals surface area contributed by atoms with Crippen LogP contribution in [0.3, 0.4) is 0 Å². The van der Waals surface area contributed by atoms with Crippen LogP contribution in [0.2, 0.25) is 0 Å². The first-order chi connectivity index (χ1) is 11.1. The van der Waals surface area contributed by atoms with E-state index in [1.54, 1.807) is 7.11 Å². The van der Waals surface area contributed by atoms with Crippen LogP contribution in [0.4, 0.5) is 0 Å². The monoisotopic (exact) mass is 320 g/mol. The summed E-state index contributed by atoms with van der Waals surface area (Å²) in [7, 11) is 2.98.